The van der Waals surface area contributed by atoms with E-state index in [1.807, 2.05) is 0 Å². The van der Waals surface area contributed by atoms with E-state index in [1.54, 1.807) is 0 Å². The number of rotatable bonds is 3. The zero-order valence-electron chi connectivity index (χ0n) is 16.2. The van der Waals surface area contributed by atoms with E-state index in [2.05, 4.69) is 38.3 Å². The van der Waals surface area contributed by atoms with E-state index in [1.165, 1.54) is 47.2 Å². The van der Waals surface area contributed by atoms with Crippen LogP contribution in [-0.2, 0) is 0 Å². The molecular weight excluding hydrogens is 345 g/mol. The van der Waals surface area contributed by atoms with Gasteiger partial charge in [-0.2, -0.15) is 0 Å². The lowest BCUT2D eigenvalue weighted by Crippen LogP contribution is -2.62. The van der Waals surface area contributed by atoms with Crippen LogP contribution in [-0.4, -0.2) is 27.6 Å². The summed E-state index contributed by atoms with van der Waals surface area (Å²) < 4.78 is 14.5. The van der Waals surface area contributed by atoms with Crippen LogP contribution >= 0.6 is 0 Å². The van der Waals surface area contributed by atoms with E-state index in [0.29, 0.717) is 11.3 Å². The molecule has 144 valence electrons. The van der Waals surface area contributed by atoms with Gasteiger partial charge in [-0.05, 0) is 70.9 Å². The first-order valence-corrected chi connectivity index (χ1v) is 9.14. The molecule has 0 radical (unpaired) electrons. The number of pyridine rings is 1. The molecule has 0 saturated carbocycles. The largest absolute Gasteiger partial charge is 0.349 e. The molecule has 1 aliphatic heterocycles. The van der Waals surface area contributed by atoms with Crippen LogP contribution in [0.5, 0.6) is 0 Å². The molecule has 3 rings (SSSR count). The molecule has 1 aromatic carbocycles. The van der Waals surface area contributed by atoms with Crippen molar-refractivity contribution in [2.24, 2.45) is 0 Å². The van der Waals surface area contributed by atoms with Crippen LogP contribution in [0.2, 0.25) is 0 Å². The zero-order chi connectivity index (χ0) is 19.8. The van der Waals surface area contributed by atoms with E-state index in [4.69, 9.17) is 0 Å². The van der Waals surface area contributed by atoms with Crippen molar-refractivity contribution in [2.45, 2.75) is 57.7 Å². The number of piperidine rings is 1. The van der Waals surface area contributed by atoms with Gasteiger partial charge >= 0.3 is 0 Å². The number of benzene rings is 1. The van der Waals surface area contributed by atoms with Gasteiger partial charge in [0, 0.05) is 35.1 Å². The van der Waals surface area contributed by atoms with Crippen molar-refractivity contribution in [3.8, 4) is 5.69 Å². The highest BCUT2D eigenvalue weighted by molar-refractivity contribution is 5.94. The van der Waals surface area contributed by atoms with Crippen LogP contribution in [0.25, 0.3) is 5.69 Å². The summed E-state index contributed by atoms with van der Waals surface area (Å²) >= 11 is 0. The molecule has 1 fully saturated rings. The zero-order valence-corrected chi connectivity index (χ0v) is 16.2. The molecule has 6 heteroatoms. The van der Waals surface area contributed by atoms with Crippen molar-refractivity contribution >= 4 is 5.91 Å². The number of nitrogens with zero attached hydrogens (tertiary/aromatic N) is 1. The summed E-state index contributed by atoms with van der Waals surface area (Å²) in [7, 11) is 0. The molecule has 0 spiro atoms. The van der Waals surface area contributed by atoms with Gasteiger partial charge in [0.15, 0.2) is 0 Å². The molecular formula is C21H26FN3O2. The summed E-state index contributed by atoms with van der Waals surface area (Å²) in [6.45, 7) is 8.51. The Hall–Kier alpha value is -2.47. The van der Waals surface area contributed by atoms with Crippen LogP contribution in [0.3, 0.4) is 0 Å². The molecule has 2 aromatic rings. The number of hydrogen-bond donors (Lipinski definition) is 2. The third-order valence-corrected chi connectivity index (χ3v) is 4.80. The van der Waals surface area contributed by atoms with Crippen molar-refractivity contribution in [3.63, 3.8) is 0 Å². The Labute approximate surface area is 158 Å². The maximum absolute atomic E-state index is 13.1. The number of carbonyl (C=O) groups excluding carboxylic acids is 1. The predicted molar refractivity (Wildman–Crippen MR) is 104 cm³/mol. The second-order valence-corrected chi connectivity index (χ2v) is 8.57. The van der Waals surface area contributed by atoms with E-state index < -0.39 is 0 Å². The number of halogens is 1. The van der Waals surface area contributed by atoms with E-state index in [-0.39, 0.29) is 34.4 Å². The summed E-state index contributed by atoms with van der Waals surface area (Å²) in [6.07, 6.45) is 3.14. The molecule has 2 heterocycles. The van der Waals surface area contributed by atoms with Crippen LogP contribution in [0.1, 0.15) is 50.9 Å². The van der Waals surface area contributed by atoms with Crippen LogP contribution in [0, 0.1) is 5.82 Å². The van der Waals surface area contributed by atoms with Gasteiger partial charge in [-0.25, -0.2) is 4.39 Å². The topological polar surface area (TPSA) is 63.1 Å². The van der Waals surface area contributed by atoms with Gasteiger partial charge in [-0.15, -0.1) is 0 Å². The molecule has 5 nitrogen and oxygen atoms in total. The maximum Gasteiger partial charge on any atom is 0.255 e. The van der Waals surface area contributed by atoms with Crippen LogP contribution in [0.15, 0.2) is 47.4 Å². The van der Waals surface area contributed by atoms with E-state index in [9.17, 15) is 14.0 Å². The number of carbonyl (C=O) groups is 1. The van der Waals surface area contributed by atoms with Crippen molar-refractivity contribution < 1.29 is 9.18 Å². The molecule has 27 heavy (non-hydrogen) atoms. The lowest BCUT2D eigenvalue weighted by molar-refractivity contribution is 0.0872. The molecule has 0 atom stereocenters. The molecule has 2 N–H and O–H groups in total. The van der Waals surface area contributed by atoms with Gasteiger partial charge in [-0.1, -0.05) is 0 Å². The number of hydrogen-bond acceptors (Lipinski definition) is 3. The SMILES string of the molecule is CC1(C)CC(NC(=O)c2ccc(=O)n(-c3ccc(F)cc3)c2)CC(C)(C)N1. The lowest BCUT2D eigenvalue weighted by atomic mass is 9.79. The Morgan fingerprint density at radius 2 is 1.67 bits per heavy atom. The van der Waals surface area contributed by atoms with E-state index in [0.717, 1.165) is 12.8 Å². The molecule has 1 saturated heterocycles. The first-order chi connectivity index (χ1) is 12.5. The average molecular weight is 371 g/mol. The minimum Gasteiger partial charge on any atom is -0.349 e. The van der Waals surface area contributed by atoms with Crippen LogP contribution < -0.4 is 16.2 Å². The second kappa shape index (κ2) is 6.93. The Morgan fingerprint density at radius 1 is 1.07 bits per heavy atom. The fraction of sp³-hybridized carbons (Fsp3) is 0.429. The highest BCUT2D eigenvalue weighted by Crippen LogP contribution is 2.28. The molecule has 0 bridgehead atoms. The molecule has 1 aromatic heterocycles. The van der Waals surface area contributed by atoms with Crippen molar-refractivity contribution in [2.75, 3.05) is 0 Å². The monoisotopic (exact) mass is 371 g/mol. The van der Waals surface area contributed by atoms with Gasteiger partial charge in [0.2, 0.25) is 0 Å². The normalized spacial score (nSPS) is 18.9. The fourth-order valence-electron chi connectivity index (χ4n) is 4.12. The molecule has 0 unspecified atom stereocenters. The highest BCUT2D eigenvalue weighted by Gasteiger charge is 2.38. The Morgan fingerprint density at radius 3 is 2.26 bits per heavy atom. The summed E-state index contributed by atoms with van der Waals surface area (Å²) in [5.41, 5.74) is 0.481. The maximum atomic E-state index is 13.1. The van der Waals surface area contributed by atoms with Gasteiger partial charge in [-0.3, -0.25) is 14.2 Å². The van der Waals surface area contributed by atoms with Gasteiger partial charge in [0.05, 0.1) is 5.56 Å². The van der Waals surface area contributed by atoms with Gasteiger partial charge < -0.3 is 10.6 Å². The smallest absolute Gasteiger partial charge is 0.255 e. The summed E-state index contributed by atoms with van der Waals surface area (Å²) in [4.78, 5) is 24.9. The average Bonchev–Trinajstić information content (AvgIpc) is 2.53. The van der Waals surface area contributed by atoms with E-state index >= 15 is 0 Å². The van der Waals surface area contributed by atoms with Gasteiger partial charge in [0.1, 0.15) is 5.82 Å². The number of nitrogens with one attached hydrogen (secondary N) is 2. The Kier molecular flexibility index (Phi) is 4.95. The number of amides is 1. The van der Waals surface area contributed by atoms with Crippen LogP contribution in [0.4, 0.5) is 4.39 Å². The van der Waals surface area contributed by atoms with Crippen molar-refractivity contribution in [1.29, 1.82) is 0 Å². The fourth-order valence-corrected chi connectivity index (χ4v) is 4.12. The van der Waals surface area contributed by atoms with Crippen molar-refractivity contribution in [3.05, 3.63) is 64.3 Å². The molecule has 1 amide bonds. The summed E-state index contributed by atoms with van der Waals surface area (Å²) in [6, 6.07) is 8.51. The summed E-state index contributed by atoms with van der Waals surface area (Å²) in [5, 5.41) is 6.69. The summed E-state index contributed by atoms with van der Waals surface area (Å²) in [5.74, 6) is -0.596. The first-order valence-electron chi connectivity index (χ1n) is 9.14. The molecule has 0 aliphatic carbocycles. The third-order valence-electron chi connectivity index (χ3n) is 4.80. The highest BCUT2D eigenvalue weighted by atomic mass is 19.1. The third kappa shape index (κ3) is 4.63. The standard InChI is InChI=1S/C21H26FN3O2/c1-20(2)11-16(12-21(3,4)24-20)23-19(27)14-5-10-18(26)25(13-14)17-8-6-15(22)7-9-17/h5-10,13,16,24H,11-12H2,1-4H3,(H,23,27). The van der Waals surface area contributed by atoms with Crippen molar-refractivity contribution in [1.82, 2.24) is 15.2 Å². The second-order valence-electron chi connectivity index (χ2n) is 8.57. The number of aromatic nitrogens is 1. The lowest BCUT2D eigenvalue weighted by Gasteiger charge is -2.46. The van der Waals surface area contributed by atoms with Gasteiger partial charge in [0.25, 0.3) is 11.5 Å². The predicted octanol–water partition coefficient (Wildman–Crippen LogP) is 3.02. The minimum atomic E-state index is -0.378. The molecule has 1 aliphatic rings. The Balaban J connectivity index is 1.82. The minimum absolute atomic E-state index is 0.0370. The first kappa shape index (κ1) is 19.3. The Bertz CT molecular complexity index is 884. The quantitative estimate of drug-likeness (QED) is 0.872.